The molecule has 4 heterocycles. The molecule has 2 fully saturated rings. The summed E-state index contributed by atoms with van der Waals surface area (Å²) in [7, 11) is 0. The van der Waals surface area contributed by atoms with E-state index in [0.717, 1.165) is 48.2 Å². The van der Waals surface area contributed by atoms with E-state index < -0.39 is 0 Å². The summed E-state index contributed by atoms with van der Waals surface area (Å²) in [5.41, 5.74) is 3.40. The number of nitrogens with one attached hydrogen (secondary N) is 2. The number of fused-ring (bicyclic) bond motifs is 3. The van der Waals surface area contributed by atoms with E-state index in [9.17, 15) is 5.11 Å². The van der Waals surface area contributed by atoms with Gasteiger partial charge in [0.25, 0.3) is 0 Å². The molecule has 1 saturated heterocycles. The number of aliphatic hydroxyl groups is 1. The minimum atomic E-state index is 0.245. The summed E-state index contributed by atoms with van der Waals surface area (Å²) in [6.45, 7) is 1.91. The SMILES string of the molecule is OCC1CCN(c2nc(Nc3cc(C4CC4)[nH]n3)c3oc4ccccc4c3n2)CC1. The van der Waals surface area contributed by atoms with E-state index in [-0.39, 0.29) is 6.61 Å². The van der Waals surface area contributed by atoms with Crippen molar-refractivity contribution in [2.24, 2.45) is 5.92 Å². The molecule has 3 N–H and O–H groups in total. The predicted molar refractivity (Wildman–Crippen MR) is 115 cm³/mol. The number of para-hydroxylation sites is 1. The second-order valence-corrected chi connectivity index (χ2v) is 8.37. The van der Waals surface area contributed by atoms with Crippen LogP contribution in [-0.2, 0) is 0 Å². The lowest BCUT2D eigenvalue weighted by atomic mass is 9.98. The summed E-state index contributed by atoms with van der Waals surface area (Å²) >= 11 is 0. The van der Waals surface area contributed by atoms with E-state index in [2.05, 4.69) is 26.5 Å². The van der Waals surface area contributed by atoms with Crippen molar-refractivity contribution in [3.63, 3.8) is 0 Å². The first-order valence-corrected chi connectivity index (χ1v) is 10.7. The number of hydrogen-bond donors (Lipinski definition) is 3. The molecule has 6 rings (SSSR count). The van der Waals surface area contributed by atoms with Gasteiger partial charge in [0.15, 0.2) is 17.2 Å². The molecule has 1 saturated carbocycles. The molecule has 8 nitrogen and oxygen atoms in total. The summed E-state index contributed by atoms with van der Waals surface area (Å²) in [5, 5.41) is 21.3. The molecule has 30 heavy (non-hydrogen) atoms. The van der Waals surface area contributed by atoms with Crippen molar-refractivity contribution in [3.05, 3.63) is 36.0 Å². The van der Waals surface area contributed by atoms with Crippen LogP contribution in [0.15, 0.2) is 34.7 Å². The Morgan fingerprint density at radius 3 is 2.77 bits per heavy atom. The van der Waals surface area contributed by atoms with Crippen molar-refractivity contribution >= 4 is 39.7 Å². The highest BCUT2D eigenvalue weighted by Gasteiger charge is 2.27. The first-order chi connectivity index (χ1) is 14.8. The zero-order chi connectivity index (χ0) is 20.1. The van der Waals surface area contributed by atoms with Gasteiger partial charge in [0.1, 0.15) is 11.1 Å². The van der Waals surface area contributed by atoms with Gasteiger partial charge in [-0.25, -0.2) is 4.98 Å². The Balaban J connectivity index is 1.42. The highest BCUT2D eigenvalue weighted by atomic mass is 16.3. The number of furan rings is 1. The molecule has 154 valence electrons. The van der Waals surface area contributed by atoms with Gasteiger partial charge in [-0.05, 0) is 43.7 Å². The van der Waals surface area contributed by atoms with Crippen LogP contribution in [0.5, 0.6) is 0 Å². The maximum absolute atomic E-state index is 9.45. The lowest BCUT2D eigenvalue weighted by molar-refractivity contribution is 0.202. The number of aliphatic hydroxyl groups excluding tert-OH is 1. The molecular formula is C22H24N6O2. The zero-order valence-corrected chi connectivity index (χ0v) is 16.6. The molecule has 3 aromatic heterocycles. The summed E-state index contributed by atoms with van der Waals surface area (Å²) in [6, 6.07) is 9.99. The number of aromatic amines is 1. The van der Waals surface area contributed by atoms with Gasteiger partial charge in [0.05, 0.1) is 0 Å². The molecule has 0 amide bonds. The molecule has 0 unspecified atom stereocenters. The summed E-state index contributed by atoms with van der Waals surface area (Å²) < 4.78 is 6.12. The average Bonchev–Trinajstić information content (AvgIpc) is 3.42. The van der Waals surface area contributed by atoms with Crippen LogP contribution in [0.1, 0.15) is 37.3 Å². The Morgan fingerprint density at radius 1 is 1.13 bits per heavy atom. The number of piperidine rings is 1. The highest BCUT2D eigenvalue weighted by Crippen LogP contribution is 2.40. The fourth-order valence-electron chi connectivity index (χ4n) is 4.25. The molecule has 4 aromatic rings. The second kappa shape index (κ2) is 6.98. The normalized spacial score (nSPS) is 17.8. The number of anilines is 3. The minimum Gasteiger partial charge on any atom is -0.450 e. The van der Waals surface area contributed by atoms with Crippen molar-refractivity contribution in [1.82, 2.24) is 20.2 Å². The van der Waals surface area contributed by atoms with E-state index >= 15 is 0 Å². The topological polar surface area (TPSA) is 103 Å². The van der Waals surface area contributed by atoms with E-state index in [4.69, 9.17) is 14.4 Å². The number of nitrogens with zero attached hydrogens (tertiary/aromatic N) is 4. The van der Waals surface area contributed by atoms with Crippen LogP contribution in [0.3, 0.4) is 0 Å². The first kappa shape index (κ1) is 17.7. The van der Waals surface area contributed by atoms with Crippen molar-refractivity contribution in [2.45, 2.75) is 31.6 Å². The number of benzene rings is 1. The summed E-state index contributed by atoms with van der Waals surface area (Å²) in [4.78, 5) is 11.9. The van der Waals surface area contributed by atoms with E-state index in [0.29, 0.717) is 29.2 Å². The molecule has 8 heteroatoms. The number of H-pyrrole nitrogens is 1. The molecule has 0 spiro atoms. The molecule has 0 atom stereocenters. The lowest BCUT2D eigenvalue weighted by Gasteiger charge is -2.31. The third-order valence-corrected chi connectivity index (χ3v) is 6.22. The van der Waals surface area contributed by atoms with Gasteiger partial charge in [-0.3, -0.25) is 5.10 Å². The Morgan fingerprint density at radius 2 is 1.97 bits per heavy atom. The summed E-state index contributed by atoms with van der Waals surface area (Å²) in [5.74, 6) is 3.02. The molecular weight excluding hydrogens is 380 g/mol. The average molecular weight is 404 g/mol. The number of rotatable bonds is 5. The maximum atomic E-state index is 9.45. The van der Waals surface area contributed by atoms with Crippen LogP contribution >= 0.6 is 0 Å². The zero-order valence-electron chi connectivity index (χ0n) is 16.6. The van der Waals surface area contributed by atoms with Crippen LogP contribution in [0.25, 0.3) is 22.1 Å². The maximum Gasteiger partial charge on any atom is 0.228 e. The van der Waals surface area contributed by atoms with Crippen molar-refractivity contribution in [1.29, 1.82) is 0 Å². The second-order valence-electron chi connectivity index (χ2n) is 8.37. The van der Waals surface area contributed by atoms with Crippen molar-refractivity contribution in [3.8, 4) is 0 Å². The van der Waals surface area contributed by atoms with Gasteiger partial charge in [0.2, 0.25) is 5.95 Å². The summed E-state index contributed by atoms with van der Waals surface area (Å²) in [6.07, 6.45) is 4.32. The fraction of sp³-hybridized carbons (Fsp3) is 0.409. The van der Waals surface area contributed by atoms with Gasteiger partial charge in [-0.15, -0.1) is 0 Å². The van der Waals surface area contributed by atoms with Crippen molar-refractivity contribution in [2.75, 3.05) is 29.9 Å². The van der Waals surface area contributed by atoms with Crippen LogP contribution in [0, 0.1) is 5.92 Å². The molecule has 1 aliphatic heterocycles. The number of aromatic nitrogens is 4. The van der Waals surface area contributed by atoms with Gasteiger partial charge < -0.3 is 19.7 Å². The predicted octanol–water partition coefficient (Wildman–Crippen LogP) is 3.93. The monoisotopic (exact) mass is 404 g/mol. The Hall–Kier alpha value is -3.13. The standard InChI is InChI=1S/C22H24N6O2/c29-12-13-7-9-28(10-8-13)22-24-19-15-3-1-2-4-17(15)30-20(19)21(25-22)23-18-11-16(26-27-18)14-5-6-14/h1-4,11,13-14,29H,5-10,12H2,(H2,23,24,25,26,27). The van der Waals surface area contributed by atoms with Crippen LogP contribution in [0.4, 0.5) is 17.6 Å². The smallest absolute Gasteiger partial charge is 0.228 e. The van der Waals surface area contributed by atoms with Gasteiger partial charge in [0, 0.05) is 42.8 Å². The number of hydrogen-bond acceptors (Lipinski definition) is 7. The van der Waals surface area contributed by atoms with Gasteiger partial charge in [-0.1, -0.05) is 12.1 Å². The van der Waals surface area contributed by atoms with E-state index in [1.165, 1.54) is 18.5 Å². The Kier molecular flexibility index (Phi) is 4.12. The molecule has 0 bridgehead atoms. The largest absolute Gasteiger partial charge is 0.450 e. The van der Waals surface area contributed by atoms with Crippen molar-refractivity contribution < 1.29 is 9.52 Å². The Bertz CT molecular complexity index is 1200. The quantitative estimate of drug-likeness (QED) is 0.463. The molecule has 1 aliphatic carbocycles. The third-order valence-electron chi connectivity index (χ3n) is 6.22. The van der Waals surface area contributed by atoms with Gasteiger partial charge in [-0.2, -0.15) is 10.1 Å². The Labute approximate surface area is 173 Å². The van der Waals surface area contributed by atoms with Crippen LogP contribution < -0.4 is 10.2 Å². The van der Waals surface area contributed by atoms with Crippen LogP contribution in [0.2, 0.25) is 0 Å². The first-order valence-electron chi connectivity index (χ1n) is 10.7. The van der Waals surface area contributed by atoms with Crippen LogP contribution in [-0.4, -0.2) is 45.0 Å². The lowest BCUT2D eigenvalue weighted by Crippen LogP contribution is -2.35. The highest BCUT2D eigenvalue weighted by molar-refractivity contribution is 6.06. The molecule has 1 aromatic carbocycles. The molecule has 2 aliphatic rings. The van der Waals surface area contributed by atoms with Gasteiger partial charge >= 0.3 is 0 Å². The van der Waals surface area contributed by atoms with E-state index in [1.54, 1.807) is 0 Å². The third kappa shape index (κ3) is 3.08. The molecule has 0 radical (unpaired) electrons. The minimum absolute atomic E-state index is 0.245. The van der Waals surface area contributed by atoms with E-state index in [1.807, 2.05) is 24.3 Å². The fourth-order valence-corrected chi connectivity index (χ4v) is 4.25.